The number of ketones is 1. The van der Waals surface area contributed by atoms with Gasteiger partial charge in [0.1, 0.15) is 17.2 Å². The van der Waals surface area contributed by atoms with Gasteiger partial charge in [0, 0.05) is 11.6 Å². The number of ether oxygens (including phenoxy) is 5. The standard InChI is InChI=1S/C26H20O7/c1-3-29-19-7-5-4-6-16(19)11-23-25(27)24-15(2)10-18(13-22(24)33-23)32-26(28)17-8-9-20-21(12-17)31-14-30-20/h4-13H,3,14H2,1-2H3/b23-11-. The molecule has 0 unspecified atom stereocenters. The Morgan fingerprint density at radius 1 is 1.03 bits per heavy atom. The second kappa shape index (κ2) is 8.35. The van der Waals surface area contributed by atoms with Gasteiger partial charge in [-0.3, -0.25) is 4.79 Å². The van der Waals surface area contributed by atoms with E-state index in [1.165, 1.54) is 0 Å². The molecular weight excluding hydrogens is 424 g/mol. The molecule has 0 spiro atoms. The Morgan fingerprint density at radius 2 is 1.85 bits per heavy atom. The Balaban J connectivity index is 1.40. The smallest absolute Gasteiger partial charge is 0.343 e. The highest BCUT2D eigenvalue weighted by atomic mass is 16.7. The first-order chi connectivity index (χ1) is 16.0. The molecule has 0 atom stereocenters. The van der Waals surface area contributed by atoms with Gasteiger partial charge in [0.2, 0.25) is 12.6 Å². The Labute approximate surface area is 190 Å². The number of carbonyl (C=O) groups excluding carboxylic acids is 2. The summed E-state index contributed by atoms with van der Waals surface area (Å²) in [7, 11) is 0. The second-order valence-electron chi connectivity index (χ2n) is 7.48. The van der Waals surface area contributed by atoms with Gasteiger partial charge >= 0.3 is 5.97 Å². The monoisotopic (exact) mass is 444 g/mol. The number of aryl methyl sites for hydroxylation is 1. The molecule has 0 saturated heterocycles. The van der Waals surface area contributed by atoms with Crippen molar-refractivity contribution >= 4 is 17.8 Å². The molecule has 0 aromatic heterocycles. The molecule has 3 aromatic carbocycles. The topological polar surface area (TPSA) is 80.3 Å². The van der Waals surface area contributed by atoms with Crippen molar-refractivity contribution in [1.82, 2.24) is 0 Å². The molecule has 7 heteroatoms. The number of fused-ring (bicyclic) bond motifs is 2. The number of allylic oxidation sites excluding steroid dienone is 1. The summed E-state index contributed by atoms with van der Waals surface area (Å²) < 4.78 is 27.6. The highest BCUT2D eigenvalue weighted by Gasteiger charge is 2.30. The van der Waals surface area contributed by atoms with Crippen LogP contribution in [0.4, 0.5) is 0 Å². The van der Waals surface area contributed by atoms with Gasteiger partial charge in [-0.05, 0) is 55.8 Å². The van der Waals surface area contributed by atoms with Crippen molar-refractivity contribution in [1.29, 1.82) is 0 Å². The summed E-state index contributed by atoms with van der Waals surface area (Å²) in [4.78, 5) is 25.6. The van der Waals surface area contributed by atoms with Crippen LogP contribution in [0, 0.1) is 6.92 Å². The Bertz CT molecular complexity index is 1310. The molecule has 3 aromatic rings. The zero-order valence-corrected chi connectivity index (χ0v) is 18.0. The van der Waals surface area contributed by atoms with Crippen LogP contribution in [0.25, 0.3) is 6.08 Å². The quantitative estimate of drug-likeness (QED) is 0.313. The average molecular weight is 444 g/mol. The lowest BCUT2D eigenvalue weighted by atomic mass is 10.0. The fraction of sp³-hybridized carbons (Fsp3) is 0.154. The lowest BCUT2D eigenvalue weighted by Crippen LogP contribution is -2.08. The Hall–Kier alpha value is -4.26. The zero-order chi connectivity index (χ0) is 22.9. The largest absolute Gasteiger partial charge is 0.493 e. The van der Waals surface area contributed by atoms with Crippen LogP contribution in [0.5, 0.6) is 28.7 Å². The second-order valence-corrected chi connectivity index (χ2v) is 7.48. The maximum atomic E-state index is 13.0. The summed E-state index contributed by atoms with van der Waals surface area (Å²) >= 11 is 0. The van der Waals surface area contributed by atoms with Crippen LogP contribution in [0.15, 0.2) is 60.4 Å². The summed E-state index contributed by atoms with van der Waals surface area (Å²) in [5.74, 6) is 1.74. The first-order valence-corrected chi connectivity index (χ1v) is 10.5. The first kappa shape index (κ1) is 20.6. The van der Waals surface area contributed by atoms with Crippen LogP contribution in [0.1, 0.15) is 38.8 Å². The van der Waals surface area contributed by atoms with Crippen LogP contribution in [-0.2, 0) is 0 Å². The molecule has 0 bridgehead atoms. The van der Waals surface area contributed by atoms with Gasteiger partial charge in [0.05, 0.1) is 17.7 Å². The van der Waals surface area contributed by atoms with Crippen molar-refractivity contribution in [3.63, 3.8) is 0 Å². The minimum absolute atomic E-state index is 0.119. The SMILES string of the molecule is CCOc1ccccc1/C=C1\Oc2cc(OC(=O)c3ccc4c(c3)OCO4)cc(C)c2C1=O. The Morgan fingerprint density at radius 3 is 2.70 bits per heavy atom. The summed E-state index contributed by atoms with van der Waals surface area (Å²) in [5.41, 5.74) is 2.15. The molecule has 0 saturated carbocycles. The van der Waals surface area contributed by atoms with Crippen molar-refractivity contribution < 1.29 is 33.3 Å². The van der Waals surface area contributed by atoms with Gasteiger partial charge < -0.3 is 23.7 Å². The number of benzene rings is 3. The van der Waals surface area contributed by atoms with Crippen molar-refractivity contribution in [2.75, 3.05) is 13.4 Å². The van der Waals surface area contributed by atoms with E-state index in [1.54, 1.807) is 43.3 Å². The van der Waals surface area contributed by atoms with Gasteiger partial charge in [0.15, 0.2) is 17.3 Å². The fourth-order valence-electron chi connectivity index (χ4n) is 3.75. The molecule has 0 N–H and O–H groups in total. The molecule has 0 amide bonds. The van der Waals surface area contributed by atoms with E-state index in [2.05, 4.69) is 0 Å². The van der Waals surface area contributed by atoms with E-state index in [0.717, 1.165) is 5.56 Å². The molecular formula is C26H20O7. The van der Waals surface area contributed by atoms with E-state index in [9.17, 15) is 9.59 Å². The third-order valence-electron chi connectivity index (χ3n) is 5.27. The molecule has 2 aliphatic rings. The third-order valence-corrected chi connectivity index (χ3v) is 5.27. The van der Waals surface area contributed by atoms with Gasteiger partial charge in [-0.15, -0.1) is 0 Å². The van der Waals surface area contributed by atoms with E-state index >= 15 is 0 Å². The third kappa shape index (κ3) is 3.89. The van der Waals surface area contributed by atoms with Gasteiger partial charge in [-0.25, -0.2) is 4.79 Å². The minimum atomic E-state index is -0.557. The number of rotatable bonds is 5. The highest BCUT2D eigenvalue weighted by Crippen LogP contribution is 2.39. The number of carbonyl (C=O) groups is 2. The van der Waals surface area contributed by atoms with Crippen LogP contribution < -0.4 is 23.7 Å². The normalized spacial score (nSPS) is 14.7. The number of hydrogen-bond donors (Lipinski definition) is 0. The van der Waals surface area contributed by atoms with E-state index in [-0.39, 0.29) is 24.1 Å². The number of esters is 1. The number of Topliss-reactive ketones (excluding diaryl/α,β-unsaturated/α-hetero) is 1. The molecule has 0 fully saturated rings. The van der Waals surface area contributed by atoms with E-state index in [1.807, 2.05) is 31.2 Å². The molecule has 0 aliphatic carbocycles. The van der Waals surface area contributed by atoms with Crippen molar-refractivity contribution in [2.24, 2.45) is 0 Å². The maximum absolute atomic E-state index is 13.0. The van der Waals surface area contributed by atoms with Crippen LogP contribution in [0.3, 0.4) is 0 Å². The van der Waals surface area contributed by atoms with E-state index in [0.29, 0.717) is 46.3 Å². The van der Waals surface area contributed by atoms with Crippen LogP contribution >= 0.6 is 0 Å². The van der Waals surface area contributed by atoms with Crippen LogP contribution in [0.2, 0.25) is 0 Å². The maximum Gasteiger partial charge on any atom is 0.343 e. The molecule has 2 heterocycles. The lowest BCUT2D eigenvalue weighted by Gasteiger charge is -2.08. The number of para-hydroxylation sites is 1. The van der Waals surface area contributed by atoms with Crippen molar-refractivity contribution in [2.45, 2.75) is 13.8 Å². The Kier molecular flexibility index (Phi) is 5.22. The molecule has 0 radical (unpaired) electrons. The lowest BCUT2D eigenvalue weighted by molar-refractivity contribution is 0.0734. The van der Waals surface area contributed by atoms with Crippen LogP contribution in [-0.4, -0.2) is 25.2 Å². The fourth-order valence-corrected chi connectivity index (χ4v) is 3.75. The summed E-state index contributed by atoms with van der Waals surface area (Å²) in [6, 6.07) is 15.4. The zero-order valence-electron chi connectivity index (χ0n) is 18.0. The summed E-state index contributed by atoms with van der Waals surface area (Å²) in [6.45, 7) is 4.29. The minimum Gasteiger partial charge on any atom is -0.493 e. The summed E-state index contributed by atoms with van der Waals surface area (Å²) in [5, 5.41) is 0. The molecule has 33 heavy (non-hydrogen) atoms. The average Bonchev–Trinajstić information content (AvgIpc) is 3.39. The predicted molar refractivity (Wildman–Crippen MR) is 119 cm³/mol. The predicted octanol–water partition coefficient (Wildman–Crippen LogP) is 4.96. The number of hydrogen-bond acceptors (Lipinski definition) is 7. The molecule has 7 nitrogen and oxygen atoms in total. The van der Waals surface area contributed by atoms with E-state index in [4.69, 9.17) is 23.7 Å². The van der Waals surface area contributed by atoms with E-state index < -0.39 is 5.97 Å². The highest BCUT2D eigenvalue weighted by molar-refractivity contribution is 6.15. The first-order valence-electron chi connectivity index (χ1n) is 10.5. The van der Waals surface area contributed by atoms with Gasteiger partial charge in [-0.2, -0.15) is 0 Å². The molecule has 166 valence electrons. The summed E-state index contributed by atoms with van der Waals surface area (Å²) in [6.07, 6.45) is 1.66. The van der Waals surface area contributed by atoms with Gasteiger partial charge in [0.25, 0.3) is 0 Å². The molecule has 5 rings (SSSR count). The van der Waals surface area contributed by atoms with Gasteiger partial charge in [-0.1, -0.05) is 18.2 Å². The molecule has 2 aliphatic heterocycles. The van der Waals surface area contributed by atoms with Crippen molar-refractivity contribution in [3.8, 4) is 28.7 Å². The van der Waals surface area contributed by atoms with Crippen molar-refractivity contribution in [3.05, 3.63) is 82.6 Å².